The molecule has 0 spiro atoms. The summed E-state index contributed by atoms with van der Waals surface area (Å²) in [4.78, 5) is 18.4. The average molecular weight is 266 g/mol. The molecule has 1 aromatic heterocycles. The molecule has 0 saturated carbocycles. The van der Waals surface area contributed by atoms with Gasteiger partial charge in [-0.05, 0) is 18.5 Å². The zero-order valence-electron chi connectivity index (χ0n) is 10.5. The second-order valence-electron chi connectivity index (χ2n) is 3.70. The summed E-state index contributed by atoms with van der Waals surface area (Å²) in [6.45, 7) is 5.98. The maximum Gasteiger partial charge on any atom is 0.340 e. The first-order chi connectivity index (χ1) is 8.58. The molecule has 96 valence electrons. The van der Waals surface area contributed by atoms with Crippen molar-refractivity contribution in [3.05, 3.63) is 32.2 Å². The number of aromatic nitrogens is 1. The summed E-state index contributed by atoms with van der Waals surface area (Å²) in [5.74, 6) is -0.322. The summed E-state index contributed by atoms with van der Waals surface area (Å²) in [6.07, 6.45) is 1.43. The normalized spacial score (nSPS) is 11.2. The van der Waals surface area contributed by atoms with E-state index in [9.17, 15) is 4.79 Å². The highest BCUT2D eigenvalue weighted by Gasteiger charge is 2.10. The van der Waals surface area contributed by atoms with E-state index in [0.29, 0.717) is 11.6 Å². The van der Waals surface area contributed by atoms with Crippen molar-refractivity contribution < 1.29 is 9.53 Å². The minimum absolute atomic E-state index is 0.0834. The minimum Gasteiger partial charge on any atom is -0.462 e. The number of thiazole rings is 1. The number of esters is 1. The van der Waals surface area contributed by atoms with Gasteiger partial charge in [-0.3, -0.25) is 0 Å². The van der Waals surface area contributed by atoms with Crippen LogP contribution in [0.15, 0.2) is 16.2 Å². The smallest absolute Gasteiger partial charge is 0.340 e. The molecule has 6 nitrogen and oxygen atoms in total. The number of hydrogen-bond acceptors (Lipinski definition) is 5. The number of carbonyl (C=O) groups excluding carboxylic acids is 1. The Morgan fingerprint density at radius 3 is 2.94 bits per heavy atom. The van der Waals surface area contributed by atoms with E-state index in [1.165, 1.54) is 17.4 Å². The number of azide groups is 1. The lowest BCUT2D eigenvalue weighted by atomic mass is 10.2. The molecule has 0 radical (unpaired) electrons. The Hall–Kier alpha value is -1.85. The molecule has 0 unspecified atom stereocenters. The monoisotopic (exact) mass is 266 g/mol. The van der Waals surface area contributed by atoms with Gasteiger partial charge in [0.05, 0.1) is 17.3 Å². The Morgan fingerprint density at radius 2 is 2.44 bits per heavy atom. The van der Waals surface area contributed by atoms with Crippen LogP contribution < -0.4 is 0 Å². The fraction of sp³-hybridized carbons (Fsp3) is 0.455. The molecule has 18 heavy (non-hydrogen) atoms. The van der Waals surface area contributed by atoms with Crippen LogP contribution in [0.1, 0.15) is 37.4 Å². The van der Waals surface area contributed by atoms with Crippen LogP contribution in [0.4, 0.5) is 0 Å². The fourth-order valence-electron chi connectivity index (χ4n) is 1.15. The predicted molar refractivity (Wildman–Crippen MR) is 70.0 cm³/mol. The second kappa shape index (κ2) is 6.78. The van der Waals surface area contributed by atoms with Crippen molar-refractivity contribution in [2.24, 2.45) is 5.11 Å². The molecular weight excluding hydrogens is 252 g/mol. The molecule has 1 heterocycles. The molecule has 1 aromatic rings. The van der Waals surface area contributed by atoms with Crippen molar-refractivity contribution in [1.82, 2.24) is 4.98 Å². The lowest BCUT2D eigenvalue weighted by Gasteiger charge is -2.00. The Morgan fingerprint density at radius 1 is 1.72 bits per heavy atom. The Bertz CT molecular complexity index is 501. The summed E-state index contributed by atoms with van der Waals surface area (Å²) < 4.78 is 4.79. The van der Waals surface area contributed by atoms with Crippen molar-refractivity contribution >= 4 is 23.4 Å². The van der Waals surface area contributed by atoms with Gasteiger partial charge >= 0.3 is 5.97 Å². The number of ether oxygens (including phenoxy) is 1. The van der Waals surface area contributed by atoms with Gasteiger partial charge in [-0.2, -0.15) is 0 Å². The first kappa shape index (κ1) is 14.2. The van der Waals surface area contributed by atoms with Crippen LogP contribution in [-0.2, 0) is 9.53 Å². The van der Waals surface area contributed by atoms with E-state index < -0.39 is 5.97 Å². The highest BCUT2D eigenvalue weighted by atomic mass is 32.1. The molecule has 7 heteroatoms. The molecule has 0 aliphatic heterocycles. The van der Waals surface area contributed by atoms with Crippen LogP contribution in [0.2, 0.25) is 0 Å². The predicted octanol–water partition coefficient (Wildman–Crippen LogP) is 3.48. The highest BCUT2D eigenvalue weighted by Crippen LogP contribution is 2.21. The van der Waals surface area contributed by atoms with Crippen molar-refractivity contribution in [2.45, 2.75) is 26.7 Å². The highest BCUT2D eigenvalue weighted by molar-refractivity contribution is 7.09. The van der Waals surface area contributed by atoms with Crippen LogP contribution in [0.3, 0.4) is 0 Å². The third kappa shape index (κ3) is 3.87. The van der Waals surface area contributed by atoms with Crippen molar-refractivity contribution in [3.8, 4) is 0 Å². The second-order valence-corrected chi connectivity index (χ2v) is 4.59. The lowest BCUT2D eigenvalue weighted by Crippen LogP contribution is -2.05. The van der Waals surface area contributed by atoms with Gasteiger partial charge in [-0.25, -0.2) is 9.78 Å². The van der Waals surface area contributed by atoms with Crippen molar-refractivity contribution in [3.63, 3.8) is 0 Å². The molecule has 0 aromatic carbocycles. The van der Waals surface area contributed by atoms with Gasteiger partial charge in [-0.1, -0.05) is 19.0 Å². The van der Waals surface area contributed by atoms with Gasteiger partial charge in [0.25, 0.3) is 0 Å². The lowest BCUT2D eigenvalue weighted by molar-refractivity contribution is -0.138. The number of hydrogen-bond donors (Lipinski definition) is 0. The van der Waals surface area contributed by atoms with Gasteiger partial charge in [0.15, 0.2) is 0 Å². The van der Waals surface area contributed by atoms with E-state index in [4.69, 9.17) is 10.3 Å². The van der Waals surface area contributed by atoms with E-state index in [1.54, 1.807) is 12.3 Å². The van der Waals surface area contributed by atoms with Gasteiger partial charge < -0.3 is 4.74 Å². The maximum absolute atomic E-state index is 11.5. The molecule has 0 aliphatic carbocycles. The third-order valence-corrected chi connectivity index (χ3v) is 3.12. The zero-order valence-corrected chi connectivity index (χ0v) is 11.3. The Balaban J connectivity index is 3.00. The van der Waals surface area contributed by atoms with Crippen LogP contribution in [0.5, 0.6) is 0 Å². The molecule has 0 fully saturated rings. The van der Waals surface area contributed by atoms with E-state index in [2.05, 4.69) is 15.0 Å². The van der Waals surface area contributed by atoms with Crippen molar-refractivity contribution in [2.75, 3.05) is 6.61 Å². The van der Waals surface area contributed by atoms with Crippen LogP contribution in [-0.4, -0.2) is 17.6 Å². The van der Waals surface area contributed by atoms with Crippen LogP contribution >= 0.6 is 11.3 Å². The average Bonchev–Trinajstić information content (AvgIpc) is 2.77. The standard InChI is InChI=1S/C11H14N4O2S/c1-4-17-11(16)9(14-15-12)5-8-6-18-10(13-8)7(2)3/h5-7H,4H2,1-3H3/b9-5-. The van der Waals surface area contributed by atoms with Crippen molar-refractivity contribution in [1.29, 1.82) is 0 Å². The summed E-state index contributed by atoms with van der Waals surface area (Å²) in [5, 5.41) is 6.09. The summed E-state index contributed by atoms with van der Waals surface area (Å²) >= 11 is 1.50. The molecule has 0 amide bonds. The topological polar surface area (TPSA) is 88.0 Å². The molecule has 0 saturated heterocycles. The van der Waals surface area contributed by atoms with E-state index >= 15 is 0 Å². The van der Waals surface area contributed by atoms with Crippen LogP contribution in [0.25, 0.3) is 16.5 Å². The van der Waals surface area contributed by atoms with Gasteiger partial charge in [-0.15, -0.1) is 11.3 Å². The first-order valence-electron chi connectivity index (χ1n) is 5.47. The molecule has 1 rings (SSSR count). The number of nitrogens with zero attached hydrogens (tertiary/aromatic N) is 4. The quantitative estimate of drug-likeness (QED) is 0.269. The molecule has 0 atom stereocenters. The maximum atomic E-state index is 11.5. The Labute approximate surface area is 109 Å². The molecule has 0 bridgehead atoms. The van der Waals surface area contributed by atoms with E-state index in [1.807, 2.05) is 13.8 Å². The van der Waals surface area contributed by atoms with E-state index in [0.717, 1.165) is 5.01 Å². The van der Waals surface area contributed by atoms with Gasteiger partial charge in [0.2, 0.25) is 0 Å². The zero-order chi connectivity index (χ0) is 13.5. The fourth-order valence-corrected chi connectivity index (χ4v) is 1.95. The molecule has 0 N–H and O–H groups in total. The molecule has 0 aliphatic rings. The summed E-state index contributed by atoms with van der Waals surface area (Å²) in [7, 11) is 0. The van der Waals surface area contributed by atoms with Crippen LogP contribution in [0, 0.1) is 0 Å². The summed E-state index contributed by atoms with van der Waals surface area (Å²) in [6, 6.07) is 0. The SMILES string of the molecule is CCOC(=O)/C(=C/c1csc(C(C)C)n1)N=[N+]=[N-]. The first-order valence-corrected chi connectivity index (χ1v) is 6.35. The number of rotatable bonds is 5. The van der Waals surface area contributed by atoms with Gasteiger partial charge in [0.1, 0.15) is 5.70 Å². The van der Waals surface area contributed by atoms with E-state index in [-0.39, 0.29) is 12.3 Å². The van der Waals surface area contributed by atoms with Gasteiger partial charge in [0, 0.05) is 16.2 Å². The molecular formula is C11H14N4O2S. The third-order valence-electron chi connectivity index (χ3n) is 1.96. The summed E-state index contributed by atoms with van der Waals surface area (Å²) in [5.41, 5.74) is 8.93. The number of carbonyl (C=O) groups is 1. The largest absolute Gasteiger partial charge is 0.462 e. The Kier molecular flexibility index (Phi) is 5.35. The minimum atomic E-state index is -0.644.